The molecule has 2 aromatic carbocycles. The summed E-state index contributed by atoms with van der Waals surface area (Å²) in [6.07, 6.45) is 1.67. The minimum Gasteiger partial charge on any atom is -0.466 e. The monoisotopic (exact) mass is 307 g/mol. The molecule has 0 unspecified atom stereocenters. The van der Waals surface area contributed by atoms with Gasteiger partial charge in [0.05, 0.1) is 6.20 Å². The largest absolute Gasteiger partial charge is 0.466 e. The third kappa shape index (κ3) is 3.63. The van der Waals surface area contributed by atoms with Gasteiger partial charge in [-0.25, -0.2) is 0 Å². The van der Waals surface area contributed by atoms with Crippen molar-refractivity contribution in [2.24, 2.45) is 0 Å². The van der Waals surface area contributed by atoms with Crippen LogP contribution in [-0.2, 0) is 11.3 Å². The molecule has 23 heavy (non-hydrogen) atoms. The first-order valence-electron chi connectivity index (χ1n) is 7.35. The van der Waals surface area contributed by atoms with Gasteiger partial charge in [0.15, 0.2) is 6.61 Å². The van der Waals surface area contributed by atoms with Crippen LogP contribution in [0.15, 0.2) is 60.8 Å². The lowest BCUT2D eigenvalue weighted by Gasteiger charge is -2.17. The molecule has 0 aliphatic carbocycles. The van der Waals surface area contributed by atoms with Crippen LogP contribution in [0, 0.1) is 0 Å². The highest BCUT2D eigenvalue weighted by Gasteiger charge is 2.12. The number of carbonyl (C=O) groups is 1. The van der Waals surface area contributed by atoms with Crippen molar-refractivity contribution in [2.45, 2.75) is 6.54 Å². The van der Waals surface area contributed by atoms with E-state index >= 15 is 0 Å². The molecule has 3 aromatic rings. The summed E-state index contributed by atoms with van der Waals surface area (Å²) in [6, 6.07) is 17.5. The van der Waals surface area contributed by atoms with Crippen molar-refractivity contribution < 1.29 is 9.53 Å². The highest BCUT2D eigenvalue weighted by Crippen LogP contribution is 2.21. The predicted molar refractivity (Wildman–Crippen MR) is 87.9 cm³/mol. The van der Waals surface area contributed by atoms with Gasteiger partial charge in [-0.2, -0.15) is 5.10 Å². The Hall–Kier alpha value is -2.95. The zero-order chi connectivity index (χ0) is 16.1. The van der Waals surface area contributed by atoms with Crippen LogP contribution in [0.25, 0.3) is 10.8 Å². The highest BCUT2D eigenvalue weighted by molar-refractivity contribution is 5.86. The summed E-state index contributed by atoms with van der Waals surface area (Å²) in [5.41, 5.74) is 1.08. The van der Waals surface area contributed by atoms with Crippen LogP contribution in [0.5, 0.6) is 5.88 Å². The quantitative estimate of drug-likeness (QED) is 0.727. The zero-order valence-electron chi connectivity index (χ0n) is 12.8. The van der Waals surface area contributed by atoms with Crippen molar-refractivity contribution in [1.82, 2.24) is 15.1 Å². The SMILES string of the molecule is CN(Cc1ccccc1)C(=O)COc1nncc2ccccc12. The Morgan fingerprint density at radius 2 is 1.83 bits per heavy atom. The van der Waals surface area contributed by atoms with E-state index in [2.05, 4.69) is 10.2 Å². The van der Waals surface area contributed by atoms with Crippen LogP contribution in [0.4, 0.5) is 0 Å². The summed E-state index contributed by atoms with van der Waals surface area (Å²) < 4.78 is 5.58. The summed E-state index contributed by atoms with van der Waals surface area (Å²) in [5.74, 6) is 0.271. The zero-order valence-corrected chi connectivity index (χ0v) is 12.8. The number of amides is 1. The minimum absolute atomic E-state index is 0.0635. The fraction of sp³-hybridized carbons (Fsp3) is 0.167. The fourth-order valence-electron chi connectivity index (χ4n) is 2.29. The lowest BCUT2D eigenvalue weighted by atomic mass is 10.2. The maximum atomic E-state index is 12.2. The second kappa shape index (κ2) is 6.87. The summed E-state index contributed by atoms with van der Waals surface area (Å²) in [7, 11) is 1.76. The lowest BCUT2D eigenvalue weighted by molar-refractivity contribution is -0.132. The molecular formula is C18H17N3O2. The smallest absolute Gasteiger partial charge is 0.260 e. The Kier molecular flexibility index (Phi) is 4.47. The first-order chi connectivity index (χ1) is 11.2. The molecule has 0 radical (unpaired) electrons. The van der Waals surface area contributed by atoms with Gasteiger partial charge >= 0.3 is 0 Å². The van der Waals surface area contributed by atoms with Gasteiger partial charge in [-0.15, -0.1) is 5.10 Å². The summed E-state index contributed by atoms with van der Waals surface area (Å²) in [4.78, 5) is 13.8. The molecule has 0 aliphatic heterocycles. The van der Waals surface area contributed by atoms with E-state index in [0.29, 0.717) is 12.4 Å². The molecule has 0 aliphatic rings. The van der Waals surface area contributed by atoms with Crippen LogP contribution in [0.2, 0.25) is 0 Å². The Morgan fingerprint density at radius 3 is 2.65 bits per heavy atom. The molecule has 1 heterocycles. The van der Waals surface area contributed by atoms with E-state index in [-0.39, 0.29) is 12.5 Å². The van der Waals surface area contributed by atoms with Crippen LogP contribution < -0.4 is 4.74 Å². The van der Waals surface area contributed by atoms with E-state index in [1.54, 1.807) is 18.1 Å². The van der Waals surface area contributed by atoms with E-state index in [1.165, 1.54) is 0 Å². The van der Waals surface area contributed by atoms with Gasteiger partial charge in [0, 0.05) is 24.4 Å². The van der Waals surface area contributed by atoms with Crippen molar-refractivity contribution in [3.63, 3.8) is 0 Å². The van der Waals surface area contributed by atoms with Crippen molar-refractivity contribution in [3.8, 4) is 5.88 Å². The average molecular weight is 307 g/mol. The van der Waals surface area contributed by atoms with Crippen molar-refractivity contribution in [1.29, 1.82) is 0 Å². The molecule has 5 heteroatoms. The molecule has 0 bridgehead atoms. The molecule has 1 amide bonds. The molecule has 0 N–H and O–H groups in total. The molecule has 0 saturated carbocycles. The van der Waals surface area contributed by atoms with Gasteiger partial charge in [0.25, 0.3) is 5.91 Å². The van der Waals surface area contributed by atoms with Crippen molar-refractivity contribution >= 4 is 16.7 Å². The number of hydrogen-bond acceptors (Lipinski definition) is 4. The molecule has 5 nitrogen and oxygen atoms in total. The number of nitrogens with zero attached hydrogens (tertiary/aromatic N) is 3. The Bertz CT molecular complexity index is 800. The first-order valence-corrected chi connectivity index (χ1v) is 7.35. The standard InChI is InChI=1S/C18H17N3O2/c1-21(12-14-7-3-2-4-8-14)17(22)13-23-18-16-10-6-5-9-15(16)11-19-20-18/h2-11H,12-13H2,1H3. The molecular weight excluding hydrogens is 290 g/mol. The van der Waals surface area contributed by atoms with Gasteiger partial charge in [-0.3, -0.25) is 4.79 Å². The lowest BCUT2D eigenvalue weighted by Crippen LogP contribution is -2.31. The van der Waals surface area contributed by atoms with Crippen molar-refractivity contribution in [3.05, 3.63) is 66.4 Å². The molecule has 0 saturated heterocycles. The molecule has 116 valence electrons. The number of hydrogen-bond donors (Lipinski definition) is 0. The number of benzene rings is 2. The first kappa shape index (κ1) is 15.0. The molecule has 1 aromatic heterocycles. The Morgan fingerprint density at radius 1 is 1.09 bits per heavy atom. The summed E-state index contributed by atoms with van der Waals surface area (Å²) >= 11 is 0. The van der Waals surface area contributed by atoms with Crippen LogP contribution >= 0.6 is 0 Å². The van der Waals surface area contributed by atoms with Gasteiger partial charge in [0.1, 0.15) is 0 Å². The molecule has 3 rings (SSSR count). The molecule has 0 atom stereocenters. The van der Waals surface area contributed by atoms with Gasteiger partial charge < -0.3 is 9.64 Å². The van der Waals surface area contributed by atoms with Crippen LogP contribution in [0.1, 0.15) is 5.56 Å². The molecule has 0 spiro atoms. The van der Waals surface area contributed by atoms with E-state index in [0.717, 1.165) is 16.3 Å². The van der Waals surface area contributed by atoms with E-state index < -0.39 is 0 Å². The van der Waals surface area contributed by atoms with Gasteiger partial charge in [0.2, 0.25) is 5.88 Å². The van der Waals surface area contributed by atoms with Crippen molar-refractivity contribution in [2.75, 3.05) is 13.7 Å². The summed E-state index contributed by atoms with van der Waals surface area (Å²) in [6.45, 7) is 0.482. The van der Waals surface area contributed by atoms with Crippen LogP contribution in [-0.4, -0.2) is 34.7 Å². The minimum atomic E-state index is -0.108. The maximum absolute atomic E-state index is 12.2. The second-order valence-electron chi connectivity index (χ2n) is 5.26. The Labute approximate surface area is 134 Å². The number of likely N-dealkylation sites (N-methyl/N-ethyl adjacent to an activating group) is 1. The number of aromatic nitrogens is 2. The molecule has 0 fully saturated rings. The number of rotatable bonds is 5. The van der Waals surface area contributed by atoms with Crippen LogP contribution in [0.3, 0.4) is 0 Å². The normalized spacial score (nSPS) is 10.5. The maximum Gasteiger partial charge on any atom is 0.260 e. The number of fused-ring (bicyclic) bond motifs is 1. The van der Waals surface area contributed by atoms with Gasteiger partial charge in [-0.1, -0.05) is 48.5 Å². The fourth-order valence-corrected chi connectivity index (χ4v) is 2.29. The highest BCUT2D eigenvalue weighted by atomic mass is 16.5. The average Bonchev–Trinajstić information content (AvgIpc) is 2.60. The predicted octanol–water partition coefficient (Wildman–Crippen LogP) is 2.67. The number of ether oxygens (including phenoxy) is 1. The third-order valence-electron chi connectivity index (χ3n) is 3.56. The van der Waals surface area contributed by atoms with E-state index in [4.69, 9.17) is 4.74 Å². The topological polar surface area (TPSA) is 55.3 Å². The van der Waals surface area contributed by atoms with E-state index in [1.807, 2.05) is 54.6 Å². The van der Waals surface area contributed by atoms with Gasteiger partial charge in [-0.05, 0) is 11.6 Å². The summed E-state index contributed by atoms with van der Waals surface area (Å²) in [5, 5.41) is 9.66. The third-order valence-corrected chi connectivity index (χ3v) is 3.56. The number of carbonyl (C=O) groups excluding carboxylic acids is 1. The van der Waals surface area contributed by atoms with E-state index in [9.17, 15) is 4.79 Å². The second-order valence-corrected chi connectivity index (χ2v) is 5.26. The Balaban J connectivity index is 1.64.